The lowest BCUT2D eigenvalue weighted by Gasteiger charge is -2.27. The molecule has 3 rings (SSSR count). The zero-order valence-corrected chi connectivity index (χ0v) is 15.1. The fourth-order valence-corrected chi connectivity index (χ4v) is 2.84. The number of carbonyl (C=O) groups is 1. The van der Waals surface area contributed by atoms with E-state index in [0.29, 0.717) is 24.2 Å². The van der Waals surface area contributed by atoms with E-state index in [9.17, 15) is 4.79 Å². The molecular weight excluding hydrogens is 336 g/mol. The van der Waals surface area contributed by atoms with E-state index in [4.69, 9.17) is 16.3 Å². The van der Waals surface area contributed by atoms with E-state index >= 15 is 0 Å². The Balaban J connectivity index is 1.60. The molecule has 2 aromatic carbocycles. The third kappa shape index (κ3) is 5.21. The van der Waals surface area contributed by atoms with E-state index in [1.807, 2.05) is 54.4 Å². The van der Waals surface area contributed by atoms with Gasteiger partial charge in [-0.25, -0.2) is 0 Å². The van der Waals surface area contributed by atoms with E-state index in [2.05, 4.69) is 5.32 Å². The second kappa shape index (κ2) is 8.37. The molecule has 0 heterocycles. The monoisotopic (exact) mass is 358 g/mol. The molecule has 2 aromatic rings. The average molecular weight is 359 g/mol. The molecule has 0 aromatic heterocycles. The minimum Gasteiger partial charge on any atom is -0.492 e. The lowest BCUT2D eigenvalue weighted by Crippen LogP contribution is -2.41. The molecule has 1 saturated carbocycles. The first-order valence-electron chi connectivity index (χ1n) is 8.57. The molecule has 1 N–H and O–H groups in total. The zero-order valence-electron chi connectivity index (χ0n) is 14.3. The summed E-state index contributed by atoms with van der Waals surface area (Å²) < 4.78 is 5.76. The number of carbonyl (C=O) groups excluding carboxylic acids is 1. The molecule has 132 valence electrons. The molecule has 25 heavy (non-hydrogen) atoms. The number of benzene rings is 2. The van der Waals surface area contributed by atoms with Crippen LogP contribution >= 0.6 is 11.6 Å². The van der Waals surface area contributed by atoms with Crippen LogP contribution in [0.25, 0.3) is 0 Å². The average Bonchev–Trinajstić information content (AvgIpc) is 3.42. The van der Waals surface area contributed by atoms with Crippen molar-refractivity contribution < 1.29 is 9.53 Å². The first-order valence-corrected chi connectivity index (χ1v) is 8.95. The number of ether oxygens (including phenoxy) is 1. The first kappa shape index (κ1) is 17.8. The van der Waals surface area contributed by atoms with Crippen molar-refractivity contribution in [3.05, 3.63) is 65.2 Å². The Morgan fingerprint density at radius 3 is 2.52 bits per heavy atom. The van der Waals surface area contributed by atoms with Crippen LogP contribution in [0.4, 0.5) is 0 Å². The van der Waals surface area contributed by atoms with E-state index in [-0.39, 0.29) is 11.9 Å². The summed E-state index contributed by atoms with van der Waals surface area (Å²) in [5.74, 6) is 0.833. The summed E-state index contributed by atoms with van der Waals surface area (Å²) in [5.41, 5.74) is 0.995. The highest BCUT2D eigenvalue weighted by atomic mass is 35.5. The summed E-state index contributed by atoms with van der Waals surface area (Å²) in [6, 6.07) is 17.2. The topological polar surface area (TPSA) is 41.6 Å². The zero-order chi connectivity index (χ0) is 17.6. The van der Waals surface area contributed by atoms with Gasteiger partial charge in [0.2, 0.25) is 5.91 Å². The summed E-state index contributed by atoms with van der Waals surface area (Å²) in [5, 5.41) is 3.80. The Hall–Kier alpha value is -2.04. The predicted molar refractivity (Wildman–Crippen MR) is 99.9 cm³/mol. The fourth-order valence-electron chi connectivity index (χ4n) is 2.72. The smallest absolute Gasteiger partial charge is 0.242 e. The molecule has 1 atom stereocenters. The summed E-state index contributed by atoms with van der Waals surface area (Å²) >= 11 is 5.88. The Kier molecular flexibility index (Phi) is 5.95. The van der Waals surface area contributed by atoms with Gasteiger partial charge in [-0.15, -0.1) is 0 Å². The number of nitrogens with zero attached hydrogens (tertiary/aromatic N) is 1. The van der Waals surface area contributed by atoms with Crippen molar-refractivity contribution in [1.82, 2.24) is 10.2 Å². The third-order valence-corrected chi connectivity index (χ3v) is 4.51. The fraction of sp³-hybridized carbons (Fsp3) is 0.350. The van der Waals surface area contributed by atoms with Gasteiger partial charge in [0.05, 0.1) is 0 Å². The molecule has 0 bridgehead atoms. The Labute approximate surface area is 153 Å². The van der Waals surface area contributed by atoms with Crippen molar-refractivity contribution in [3.8, 4) is 5.75 Å². The molecule has 1 amide bonds. The minimum absolute atomic E-state index is 0.0580. The second-order valence-corrected chi connectivity index (χ2v) is 6.82. The number of likely N-dealkylation sites (N-methyl/N-ethyl adjacent to an activating group) is 1. The number of hydrogen-bond donors (Lipinski definition) is 1. The largest absolute Gasteiger partial charge is 0.492 e. The van der Waals surface area contributed by atoms with Gasteiger partial charge in [0.1, 0.15) is 18.4 Å². The number of amides is 1. The highest BCUT2D eigenvalue weighted by Gasteiger charge is 2.30. The molecule has 0 radical (unpaired) electrons. The Morgan fingerprint density at radius 1 is 1.20 bits per heavy atom. The lowest BCUT2D eigenvalue weighted by molar-refractivity contribution is -0.126. The molecule has 4 nitrogen and oxygen atoms in total. The third-order valence-electron chi connectivity index (χ3n) is 4.25. The quantitative estimate of drug-likeness (QED) is 0.782. The Morgan fingerprint density at radius 2 is 1.88 bits per heavy atom. The van der Waals surface area contributed by atoms with Crippen LogP contribution in [-0.2, 0) is 4.79 Å². The van der Waals surface area contributed by atoms with Gasteiger partial charge in [0.25, 0.3) is 0 Å². The van der Waals surface area contributed by atoms with Gasteiger partial charge < -0.3 is 10.1 Å². The van der Waals surface area contributed by atoms with E-state index < -0.39 is 0 Å². The van der Waals surface area contributed by atoms with E-state index in [0.717, 1.165) is 24.2 Å². The minimum atomic E-state index is -0.310. The number of hydrogen-bond acceptors (Lipinski definition) is 3. The Bertz CT molecular complexity index is 687. The second-order valence-electron chi connectivity index (χ2n) is 6.38. The molecule has 1 fully saturated rings. The summed E-state index contributed by atoms with van der Waals surface area (Å²) in [6.07, 6.45) is 2.16. The van der Waals surface area contributed by atoms with Gasteiger partial charge in [-0.2, -0.15) is 0 Å². The van der Waals surface area contributed by atoms with Crippen molar-refractivity contribution >= 4 is 17.5 Å². The maximum Gasteiger partial charge on any atom is 0.242 e. The van der Waals surface area contributed by atoms with Gasteiger partial charge in [0, 0.05) is 17.6 Å². The molecule has 5 heteroatoms. The van der Waals surface area contributed by atoms with E-state index in [1.165, 1.54) is 0 Å². The molecule has 0 unspecified atom stereocenters. The SMILES string of the molecule is CN(CCOc1ccc(Cl)cc1)[C@H](C(=O)NC1CC1)c1ccccc1. The first-order chi connectivity index (χ1) is 12.1. The number of nitrogens with one attached hydrogen (secondary N) is 1. The normalized spacial score (nSPS) is 15.0. The van der Waals surface area contributed by atoms with Crippen molar-refractivity contribution in [2.75, 3.05) is 20.2 Å². The standard InChI is InChI=1S/C20H23ClN2O2/c1-23(13-14-25-18-11-7-16(21)8-12-18)19(15-5-3-2-4-6-15)20(24)22-17-9-10-17/h2-8,11-12,17,19H,9-10,13-14H2,1H3,(H,22,24)/t19-/m0/s1. The molecular formula is C20H23ClN2O2. The van der Waals surface area contributed by atoms with Crippen molar-refractivity contribution in [3.63, 3.8) is 0 Å². The summed E-state index contributed by atoms with van der Waals surface area (Å²) in [7, 11) is 1.95. The maximum atomic E-state index is 12.7. The maximum absolute atomic E-state index is 12.7. The van der Waals surface area contributed by atoms with Crippen molar-refractivity contribution in [1.29, 1.82) is 0 Å². The van der Waals surface area contributed by atoms with Crippen LogP contribution < -0.4 is 10.1 Å². The number of halogens is 1. The lowest BCUT2D eigenvalue weighted by atomic mass is 10.0. The molecule has 1 aliphatic rings. The van der Waals surface area contributed by atoms with Crippen LogP contribution in [-0.4, -0.2) is 37.0 Å². The van der Waals surface area contributed by atoms with Gasteiger partial charge in [-0.05, 0) is 49.7 Å². The van der Waals surface area contributed by atoms with Crippen LogP contribution in [0.5, 0.6) is 5.75 Å². The molecule has 0 aliphatic heterocycles. The van der Waals surface area contributed by atoms with Gasteiger partial charge in [-0.3, -0.25) is 9.69 Å². The highest BCUT2D eigenvalue weighted by molar-refractivity contribution is 6.30. The van der Waals surface area contributed by atoms with Crippen molar-refractivity contribution in [2.24, 2.45) is 0 Å². The van der Waals surface area contributed by atoms with Crippen LogP contribution in [0.2, 0.25) is 5.02 Å². The number of rotatable bonds is 8. The van der Waals surface area contributed by atoms with Crippen LogP contribution in [0.1, 0.15) is 24.4 Å². The van der Waals surface area contributed by atoms with Crippen molar-refractivity contribution in [2.45, 2.75) is 24.9 Å². The molecule has 1 aliphatic carbocycles. The molecule has 0 saturated heterocycles. The van der Waals surface area contributed by atoms with Gasteiger partial charge in [-0.1, -0.05) is 41.9 Å². The summed E-state index contributed by atoms with van der Waals surface area (Å²) in [6.45, 7) is 1.14. The van der Waals surface area contributed by atoms with Crippen LogP contribution in [0, 0.1) is 0 Å². The van der Waals surface area contributed by atoms with Gasteiger partial charge >= 0.3 is 0 Å². The van der Waals surface area contributed by atoms with E-state index in [1.54, 1.807) is 12.1 Å². The highest BCUT2D eigenvalue weighted by Crippen LogP contribution is 2.24. The van der Waals surface area contributed by atoms with Gasteiger partial charge in [0.15, 0.2) is 0 Å². The predicted octanol–water partition coefficient (Wildman–Crippen LogP) is 3.67. The van der Waals surface area contributed by atoms with Crippen LogP contribution in [0.3, 0.4) is 0 Å². The molecule has 0 spiro atoms. The summed E-state index contributed by atoms with van der Waals surface area (Å²) in [4.78, 5) is 14.7. The van der Waals surface area contributed by atoms with Crippen LogP contribution in [0.15, 0.2) is 54.6 Å².